The number of fused-ring (bicyclic) bond motifs is 6. The molecule has 0 saturated carbocycles. The van der Waals surface area contributed by atoms with E-state index in [0.29, 0.717) is 0 Å². The summed E-state index contributed by atoms with van der Waals surface area (Å²) in [7, 11) is 0. The van der Waals surface area contributed by atoms with Gasteiger partial charge < -0.3 is 0 Å². The molecule has 0 N–H and O–H groups in total. The van der Waals surface area contributed by atoms with Crippen LogP contribution in [0.5, 0.6) is 0 Å². The van der Waals surface area contributed by atoms with Gasteiger partial charge in [-0.3, -0.25) is 0 Å². The van der Waals surface area contributed by atoms with E-state index in [1.807, 2.05) is 0 Å². The predicted octanol–water partition coefficient (Wildman–Crippen LogP) is 12.5. The Morgan fingerprint density at radius 3 is 1.59 bits per heavy atom. The lowest BCUT2D eigenvalue weighted by atomic mass is 9.83. The maximum absolute atomic E-state index is 2.44. The Morgan fingerprint density at radius 2 is 0.795 bits per heavy atom. The van der Waals surface area contributed by atoms with Gasteiger partial charge in [0.05, 0.1) is 0 Å². The maximum Gasteiger partial charge on any atom is -0.00201 e. The van der Waals surface area contributed by atoms with E-state index in [0.717, 1.165) is 0 Å². The van der Waals surface area contributed by atoms with Gasteiger partial charge in [0.15, 0.2) is 0 Å². The van der Waals surface area contributed by atoms with Crippen molar-refractivity contribution < 1.29 is 0 Å². The van der Waals surface area contributed by atoms with E-state index in [-0.39, 0.29) is 0 Å². The maximum atomic E-state index is 2.44. The van der Waals surface area contributed by atoms with Crippen LogP contribution in [0.1, 0.15) is 0 Å². The Labute approximate surface area is 256 Å². The SMILES string of the molecule is c1ccc(-c2c3ccccc3c(-c3cccc4ccccc34)c3ccc(-c4cc5ccccc5c5ccccc45)cc23)cc1. The molecule has 44 heavy (non-hydrogen) atoms. The summed E-state index contributed by atoms with van der Waals surface area (Å²) in [5, 5.41) is 12.8. The second-order valence-corrected chi connectivity index (χ2v) is 11.6. The summed E-state index contributed by atoms with van der Waals surface area (Å²) in [5.74, 6) is 0. The normalized spacial score (nSPS) is 11.6. The van der Waals surface area contributed by atoms with Crippen LogP contribution in [0, 0.1) is 0 Å². The molecule has 0 aliphatic carbocycles. The predicted molar refractivity (Wildman–Crippen MR) is 190 cm³/mol. The number of rotatable bonds is 3. The summed E-state index contributed by atoms with van der Waals surface area (Å²) in [6.45, 7) is 0. The van der Waals surface area contributed by atoms with Gasteiger partial charge in [-0.05, 0) is 99.4 Å². The second-order valence-electron chi connectivity index (χ2n) is 11.6. The van der Waals surface area contributed by atoms with Gasteiger partial charge >= 0.3 is 0 Å². The van der Waals surface area contributed by atoms with Gasteiger partial charge in [0.25, 0.3) is 0 Å². The molecule has 9 rings (SSSR count). The highest BCUT2D eigenvalue weighted by Crippen LogP contribution is 2.47. The van der Waals surface area contributed by atoms with Crippen molar-refractivity contribution in [2.45, 2.75) is 0 Å². The fraction of sp³-hybridized carbons (Fsp3) is 0. The first kappa shape index (κ1) is 24.8. The zero-order valence-electron chi connectivity index (χ0n) is 24.2. The zero-order chi connectivity index (χ0) is 29.0. The highest BCUT2D eigenvalue weighted by Gasteiger charge is 2.19. The monoisotopic (exact) mass is 556 g/mol. The summed E-state index contributed by atoms with van der Waals surface area (Å²) >= 11 is 0. The molecule has 0 heterocycles. The molecule has 0 radical (unpaired) electrons. The highest BCUT2D eigenvalue weighted by molar-refractivity contribution is 6.24. The van der Waals surface area contributed by atoms with Gasteiger partial charge in [0, 0.05) is 0 Å². The van der Waals surface area contributed by atoms with Crippen LogP contribution in [0.2, 0.25) is 0 Å². The van der Waals surface area contributed by atoms with E-state index in [1.165, 1.54) is 87.2 Å². The van der Waals surface area contributed by atoms with Crippen molar-refractivity contribution >= 4 is 53.9 Å². The largest absolute Gasteiger partial charge is 0.0622 e. The standard InChI is InChI=1S/C44H28/c1-2-14-30(15-3-1)43-38-22-10-11-23-39(38)44(37-24-12-17-29-13-4-6-18-33(29)37)40-26-25-32(28-42(40)43)41-27-31-16-5-7-19-34(31)35-20-8-9-21-36(35)41/h1-28H. The molecule has 0 unspecified atom stereocenters. The first-order chi connectivity index (χ1) is 21.8. The molecule has 9 aromatic rings. The minimum Gasteiger partial charge on any atom is -0.0622 e. The number of hydrogen-bond acceptors (Lipinski definition) is 0. The minimum absolute atomic E-state index is 1.23. The third-order valence-corrected chi connectivity index (χ3v) is 9.22. The van der Waals surface area contributed by atoms with E-state index in [2.05, 4.69) is 170 Å². The average molecular weight is 557 g/mol. The van der Waals surface area contributed by atoms with Gasteiger partial charge in [-0.15, -0.1) is 0 Å². The topological polar surface area (TPSA) is 0 Å². The summed E-state index contributed by atoms with van der Waals surface area (Å²) in [6.07, 6.45) is 0. The van der Waals surface area contributed by atoms with Gasteiger partial charge in [0.1, 0.15) is 0 Å². The number of benzene rings is 9. The van der Waals surface area contributed by atoms with E-state index < -0.39 is 0 Å². The molecule has 0 heteroatoms. The van der Waals surface area contributed by atoms with Gasteiger partial charge in [-0.1, -0.05) is 158 Å². The molecule has 204 valence electrons. The fourth-order valence-corrected chi connectivity index (χ4v) is 7.29. The van der Waals surface area contributed by atoms with Crippen molar-refractivity contribution in [1.29, 1.82) is 0 Å². The Hall–Kier alpha value is -5.72. The first-order valence-electron chi connectivity index (χ1n) is 15.3. The molecule has 0 aliphatic heterocycles. The molecule has 9 aromatic carbocycles. The lowest BCUT2D eigenvalue weighted by Crippen LogP contribution is -1.93. The molecule has 0 fully saturated rings. The van der Waals surface area contributed by atoms with Crippen LogP contribution in [0.15, 0.2) is 170 Å². The molecule has 0 bridgehead atoms. The quantitative estimate of drug-likeness (QED) is 0.150. The Bertz CT molecular complexity index is 2530. The summed E-state index contributed by atoms with van der Waals surface area (Å²) in [5.41, 5.74) is 7.58. The molecule has 0 aromatic heterocycles. The second kappa shape index (κ2) is 9.93. The fourth-order valence-electron chi connectivity index (χ4n) is 7.29. The van der Waals surface area contributed by atoms with Crippen LogP contribution in [0.3, 0.4) is 0 Å². The number of hydrogen-bond donors (Lipinski definition) is 0. The molecule has 0 aliphatic rings. The Kier molecular flexibility index (Phi) is 5.61. The molecular weight excluding hydrogens is 528 g/mol. The van der Waals surface area contributed by atoms with Crippen molar-refractivity contribution in [3.8, 4) is 33.4 Å². The van der Waals surface area contributed by atoms with Crippen LogP contribution in [-0.4, -0.2) is 0 Å². The molecule has 0 saturated heterocycles. The van der Waals surface area contributed by atoms with Crippen LogP contribution >= 0.6 is 0 Å². The molecule has 0 nitrogen and oxygen atoms in total. The lowest BCUT2D eigenvalue weighted by Gasteiger charge is -2.20. The van der Waals surface area contributed by atoms with Crippen LogP contribution < -0.4 is 0 Å². The lowest BCUT2D eigenvalue weighted by molar-refractivity contribution is 1.65. The van der Waals surface area contributed by atoms with Crippen molar-refractivity contribution in [1.82, 2.24) is 0 Å². The van der Waals surface area contributed by atoms with E-state index in [9.17, 15) is 0 Å². The third-order valence-electron chi connectivity index (χ3n) is 9.22. The zero-order valence-corrected chi connectivity index (χ0v) is 24.2. The summed E-state index contributed by atoms with van der Waals surface area (Å²) < 4.78 is 0. The molecule has 0 atom stereocenters. The highest BCUT2D eigenvalue weighted by atomic mass is 14.2. The summed E-state index contributed by atoms with van der Waals surface area (Å²) in [4.78, 5) is 0. The van der Waals surface area contributed by atoms with Crippen molar-refractivity contribution in [3.05, 3.63) is 170 Å². The van der Waals surface area contributed by atoms with Gasteiger partial charge in [-0.25, -0.2) is 0 Å². The van der Waals surface area contributed by atoms with Gasteiger partial charge in [-0.2, -0.15) is 0 Å². The summed E-state index contributed by atoms with van der Waals surface area (Å²) in [6, 6.07) is 62.3. The van der Waals surface area contributed by atoms with E-state index in [4.69, 9.17) is 0 Å². The van der Waals surface area contributed by atoms with Crippen LogP contribution in [0.25, 0.3) is 87.2 Å². The smallest absolute Gasteiger partial charge is 0.00201 e. The third kappa shape index (κ3) is 3.78. The van der Waals surface area contributed by atoms with E-state index in [1.54, 1.807) is 0 Å². The van der Waals surface area contributed by atoms with E-state index >= 15 is 0 Å². The van der Waals surface area contributed by atoms with Gasteiger partial charge in [0.2, 0.25) is 0 Å². The molecule has 0 amide bonds. The van der Waals surface area contributed by atoms with Crippen molar-refractivity contribution in [2.75, 3.05) is 0 Å². The van der Waals surface area contributed by atoms with Crippen LogP contribution in [-0.2, 0) is 0 Å². The average Bonchev–Trinajstić information content (AvgIpc) is 3.10. The Morgan fingerprint density at radius 1 is 0.227 bits per heavy atom. The van der Waals surface area contributed by atoms with Crippen molar-refractivity contribution in [3.63, 3.8) is 0 Å². The Balaban J connectivity index is 1.45. The molecular formula is C44H28. The first-order valence-corrected chi connectivity index (χ1v) is 15.3. The van der Waals surface area contributed by atoms with Crippen LogP contribution in [0.4, 0.5) is 0 Å². The van der Waals surface area contributed by atoms with Crippen molar-refractivity contribution in [2.24, 2.45) is 0 Å². The molecule has 0 spiro atoms. The minimum atomic E-state index is 1.23.